The molecule has 1 aromatic rings. The highest BCUT2D eigenvalue weighted by molar-refractivity contribution is 6.33. The first-order chi connectivity index (χ1) is 8.24. The highest BCUT2D eigenvalue weighted by Gasteiger charge is 2.09. The summed E-state index contributed by atoms with van der Waals surface area (Å²) in [6.45, 7) is 4.55. The molecule has 0 bridgehead atoms. The smallest absolute Gasteiger partial charge is 0.0388 e. The largest absolute Gasteiger partial charge is 0.388 e. The van der Waals surface area contributed by atoms with Gasteiger partial charge >= 0.3 is 0 Å². The summed E-state index contributed by atoms with van der Waals surface area (Å²) in [7, 11) is 3.21. The Labute approximate surface area is 109 Å². The maximum Gasteiger partial charge on any atom is 0.0388 e. The lowest BCUT2D eigenvalue weighted by atomic mass is 9.96. The van der Waals surface area contributed by atoms with Gasteiger partial charge in [0.15, 0.2) is 0 Å². The summed E-state index contributed by atoms with van der Waals surface area (Å²) in [6, 6.07) is 4.58. The standard InChI is InChI=1S/C15H27NSi/c1-4-6-8-12-13(9-7-5-2)15(17)11-10-14(12)16-3/h10-11,16H,4-9H2,1-3,17H3. The Morgan fingerprint density at radius 1 is 1.00 bits per heavy atom. The van der Waals surface area contributed by atoms with Crippen LogP contribution in [0.4, 0.5) is 5.69 Å². The number of benzene rings is 1. The summed E-state index contributed by atoms with van der Waals surface area (Å²) in [6.07, 6.45) is 7.70. The molecule has 1 aromatic carbocycles. The van der Waals surface area contributed by atoms with E-state index < -0.39 is 0 Å². The molecule has 0 aromatic heterocycles. The van der Waals surface area contributed by atoms with Crippen molar-refractivity contribution in [1.82, 2.24) is 0 Å². The summed E-state index contributed by atoms with van der Waals surface area (Å²) in [4.78, 5) is 0. The molecule has 0 aliphatic rings. The zero-order valence-corrected chi connectivity index (χ0v) is 13.9. The van der Waals surface area contributed by atoms with Gasteiger partial charge < -0.3 is 5.32 Å². The van der Waals surface area contributed by atoms with Gasteiger partial charge in [0.25, 0.3) is 0 Å². The summed E-state index contributed by atoms with van der Waals surface area (Å²) in [5.41, 5.74) is 4.60. The van der Waals surface area contributed by atoms with Crippen molar-refractivity contribution in [1.29, 1.82) is 0 Å². The van der Waals surface area contributed by atoms with E-state index in [4.69, 9.17) is 0 Å². The molecule has 0 heterocycles. The van der Waals surface area contributed by atoms with Gasteiger partial charge in [-0.05, 0) is 42.9 Å². The number of hydrogen-bond acceptors (Lipinski definition) is 1. The first-order valence-corrected chi connectivity index (χ1v) is 8.03. The zero-order chi connectivity index (χ0) is 12.7. The van der Waals surface area contributed by atoms with Crippen LogP contribution in [-0.4, -0.2) is 17.3 Å². The molecular weight excluding hydrogens is 222 g/mol. The van der Waals surface area contributed by atoms with Gasteiger partial charge in [-0.3, -0.25) is 0 Å². The first kappa shape index (κ1) is 14.3. The minimum atomic E-state index is 1.17. The number of hydrogen-bond donors (Lipinski definition) is 1. The second-order valence-electron chi connectivity index (χ2n) is 4.84. The number of rotatable bonds is 7. The van der Waals surface area contributed by atoms with E-state index in [0.717, 1.165) is 0 Å². The lowest BCUT2D eigenvalue weighted by Crippen LogP contribution is -2.15. The predicted molar refractivity (Wildman–Crippen MR) is 82.8 cm³/mol. The quantitative estimate of drug-likeness (QED) is 0.732. The maximum absolute atomic E-state index is 3.36. The normalized spacial score (nSPS) is 10.8. The highest BCUT2D eigenvalue weighted by Crippen LogP contribution is 2.22. The van der Waals surface area contributed by atoms with Gasteiger partial charge in [-0.1, -0.05) is 37.9 Å². The van der Waals surface area contributed by atoms with Gasteiger partial charge in [-0.15, -0.1) is 0 Å². The molecule has 0 amide bonds. The Bertz CT molecular complexity index is 347. The fraction of sp³-hybridized carbons (Fsp3) is 0.600. The van der Waals surface area contributed by atoms with Crippen LogP contribution in [0.3, 0.4) is 0 Å². The van der Waals surface area contributed by atoms with Gasteiger partial charge in [0.1, 0.15) is 0 Å². The fourth-order valence-corrected chi connectivity index (χ4v) is 3.10. The molecule has 1 N–H and O–H groups in total. The zero-order valence-electron chi connectivity index (χ0n) is 11.9. The Balaban J connectivity index is 3.02. The van der Waals surface area contributed by atoms with E-state index in [0.29, 0.717) is 0 Å². The second-order valence-corrected chi connectivity index (χ2v) is 5.92. The van der Waals surface area contributed by atoms with Crippen LogP contribution in [-0.2, 0) is 12.8 Å². The monoisotopic (exact) mass is 249 g/mol. The average Bonchev–Trinajstić information content (AvgIpc) is 2.35. The summed E-state index contributed by atoms with van der Waals surface area (Å²) in [5, 5.41) is 4.96. The Kier molecular flexibility index (Phi) is 6.34. The summed E-state index contributed by atoms with van der Waals surface area (Å²) in [5.74, 6) is 0. The molecule has 0 aliphatic carbocycles. The van der Waals surface area contributed by atoms with Crippen molar-refractivity contribution in [3.05, 3.63) is 23.3 Å². The highest BCUT2D eigenvalue weighted by atomic mass is 28.1. The van der Waals surface area contributed by atoms with Crippen LogP contribution < -0.4 is 10.5 Å². The van der Waals surface area contributed by atoms with Crippen molar-refractivity contribution in [2.45, 2.75) is 52.4 Å². The molecule has 0 saturated heterocycles. The van der Waals surface area contributed by atoms with E-state index in [9.17, 15) is 0 Å². The molecule has 96 valence electrons. The molecule has 0 aliphatic heterocycles. The van der Waals surface area contributed by atoms with Crippen LogP contribution in [0, 0.1) is 0 Å². The fourth-order valence-electron chi connectivity index (χ4n) is 2.39. The van der Waals surface area contributed by atoms with Crippen LogP contribution in [0.1, 0.15) is 50.7 Å². The van der Waals surface area contributed by atoms with Crippen LogP contribution in [0.25, 0.3) is 0 Å². The Morgan fingerprint density at radius 2 is 1.59 bits per heavy atom. The molecule has 17 heavy (non-hydrogen) atoms. The summed E-state index contributed by atoms with van der Waals surface area (Å²) < 4.78 is 0. The van der Waals surface area contributed by atoms with E-state index in [1.54, 1.807) is 16.3 Å². The molecule has 0 radical (unpaired) electrons. The van der Waals surface area contributed by atoms with E-state index in [2.05, 4.69) is 31.3 Å². The van der Waals surface area contributed by atoms with Crippen molar-refractivity contribution in [3.8, 4) is 0 Å². The van der Waals surface area contributed by atoms with E-state index in [-0.39, 0.29) is 0 Å². The van der Waals surface area contributed by atoms with E-state index >= 15 is 0 Å². The molecule has 1 nitrogen and oxygen atoms in total. The minimum absolute atomic E-state index is 1.17. The van der Waals surface area contributed by atoms with Crippen molar-refractivity contribution < 1.29 is 0 Å². The lowest BCUT2D eigenvalue weighted by Gasteiger charge is -2.17. The predicted octanol–water partition coefficient (Wildman–Crippen LogP) is 2.40. The first-order valence-electron chi connectivity index (χ1n) is 7.03. The van der Waals surface area contributed by atoms with Crippen molar-refractivity contribution in [3.63, 3.8) is 0 Å². The molecule has 0 fully saturated rings. The SMILES string of the molecule is CCCCc1c([SiH3])ccc(NC)c1CCCC. The third-order valence-corrected chi connectivity index (χ3v) is 4.43. The van der Waals surface area contributed by atoms with Crippen molar-refractivity contribution >= 4 is 21.1 Å². The molecular formula is C15H27NSi. The third-order valence-electron chi connectivity index (χ3n) is 3.50. The van der Waals surface area contributed by atoms with Crippen LogP contribution in [0.5, 0.6) is 0 Å². The third kappa shape index (κ3) is 3.88. The molecule has 1 rings (SSSR count). The Morgan fingerprint density at radius 3 is 2.12 bits per heavy atom. The topological polar surface area (TPSA) is 12.0 Å². The van der Waals surface area contributed by atoms with Crippen molar-refractivity contribution in [2.75, 3.05) is 12.4 Å². The number of nitrogens with one attached hydrogen (secondary N) is 1. The van der Waals surface area contributed by atoms with Gasteiger partial charge in [0.05, 0.1) is 0 Å². The van der Waals surface area contributed by atoms with E-state index in [1.807, 2.05) is 7.05 Å². The average molecular weight is 249 g/mol. The maximum atomic E-state index is 3.36. The second kappa shape index (κ2) is 7.54. The van der Waals surface area contributed by atoms with Gasteiger partial charge in [0, 0.05) is 23.0 Å². The molecule has 0 unspecified atom stereocenters. The minimum Gasteiger partial charge on any atom is -0.388 e. The molecule has 0 saturated carbocycles. The van der Waals surface area contributed by atoms with Crippen molar-refractivity contribution in [2.24, 2.45) is 0 Å². The van der Waals surface area contributed by atoms with Gasteiger partial charge in [0.2, 0.25) is 0 Å². The molecule has 2 heteroatoms. The van der Waals surface area contributed by atoms with Gasteiger partial charge in [-0.25, -0.2) is 0 Å². The van der Waals surface area contributed by atoms with Crippen LogP contribution in [0.15, 0.2) is 12.1 Å². The lowest BCUT2D eigenvalue weighted by molar-refractivity contribution is 0.761. The number of unbranched alkanes of at least 4 members (excludes halogenated alkanes) is 2. The summed E-state index contributed by atoms with van der Waals surface area (Å²) >= 11 is 0. The molecule has 0 atom stereocenters. The Hall–Kier alpha value is -0.763. The van der Waals surface area contributed by atoms with E-state index in [1.165, 1.54) is 54.5 Å². The molecule has 0 spiro atoms. The van der Waals surface area contributed by atoms with Crippen LogP contribution in [0.2, 0.25) is 0 Å². The van der Waals surface area contributed by atoms with Crippen LogP contribution >= 0.6 is 0 Å². The number of anilines is 1. The van der Waals surface area contributed by atoms with Gasteiger partial charge in [-0.2, -0.15) is 0 Å².